The van der Waals surface area contributed by atoms with E-state index in [-0.39, 0.29) is 52.1 Å². The van der Waals surface area contributed by atoms with Crippen LogP contribution in [0.4, 0.5) is 0 Å². The van der Waals surface area contributed by atoms with E-state index in [2.05, 4.69) is 0 Å². The Kier molecular flexibility index (Phi) is 24.6. The second-order valence-electron chi connectivity index (χ2n) is 0.513. The van der Waals surface area contributed by atoms with Crippen LogP contribution in [0.5, 0.6) is 0 Å². The molecule has 0 rings (SSSR count). The van der Waals surface area contributed by atoms with E-state index >= 15 is 0 Å². The zero-order valence-electron chi connectivity index (χ0n) is 3.85. The molecule has 0 bridgehead atoms. The van der Waals surface area contributed by atoms with Crippen molar-refractivity contribution in [3.05, 3.63) is 0 Å². The average Bonchev–Trinajstić information content (AvgIpc) is 0.722. The molecular weight excluding hydrogens is 220 g/mol. The van der Waals surface area contributed by atoms with Crippen molar-refractivity contribution >= 4 is 26.7 Å². The Morgan fingerprint density at radius 1 is 1.12 bits per heavy atom. The maximum absolute atomic E-state index is 8.88. The number of hydrogen-bond acceptors (Lipinski definition) is 1. The van der Waals surface area contributed by atoms with Gasteiger partial charge in [-0.05, 0) is 0 Å². The maximum Gasteiger partial charge on any atom is 0.466 e. The summed E-state index contributed by atoms with van der Waals surface area (Å²) in [6.07, 6.45) is 0. The molecule has 0 fully saturated rings. The monoisotopic (exact) mass is 222 g/mol. The van der Waals surface area contributed by atoms with Gasteiger partial charge in [-0.25, -0.2) is 4.57 Å². The van der Waals surface area contributed by atoms with Gasteiger partial charge >= 0.3 is 7.82 Å². The number of hydrogen-bond donors (Lipinski definition) is 3. The van der Waals surface area contributed by atoms with Gasteiger partial charge in [-0.15, -0.1) is 0 Å². The fraction of sp³-hybridized carbons (Fsp3) is 0. The van der Waals surface area contributed by atoms with Crippen molar-refractivity contribution < 1.29 is 52.5 Å². The van der Waals surface area contributed by atoms with E-state index in [4.69, 9.17) is 19.2 Å². The number of rotatable bonds is 0. The van der Waals surface area contributed by atoms with Crippen LogP contribution in [0, 0.1) is 0 Å². The molecule has 8 heavy (non-hydrogen) atoms. The van der Waals surface area contributed by atoms with Gasteiger partial charge in [-0.3, -0.25) is 0 Å². The molecule has 0 aromatic carbocycles. The third-order valence-electron chi connectivity index (χ3n) is 0. The summed E-state index contributed by atoms with van der Waals surface area (Å²) in [4.78, 5) is 21.6. The van der Waals surface area contributed by atoms with Gasteiger partial charge in [0.2, 0.25) is 0 Å². The molecule has 0 aromatic heterocycles. The van der Waals surface area contributed by atoms with Crippen molar-refractivity contribution in [2.75, 3.05) is 0 Å². The van der Waals surface area contributed by atoms with Crippen LogP contribution in [0.2, 0.25) is 0 Å². The van der Waals surface area contributed by atoms with Gasteiger partial charge in [0.1, 0.15) is 0 Å². The van der Waals surface area contributed by atoms with E-state index < -0.39 is 7.82 Å². The van der Waals surface area contributed by atoms with E-state index in [1.165, 1.54) is 0 Å². The third kappa shape index (κ3) is 119. The molecule has 0 saturated carbocycles. The van der Waals surface area contributed by atoms with E-state index in [9.17, 15) is 0 Å². The van der Waals surface area contributed by atoms with E-state index in [0.717, 1.165) is 0 Å². The average molecular weight is 223 g/mol. The second-order valence-corrected chi connectivity index (χ2v) is 1.54. The Bertz CT molecular complexity index is 62.2. The summed E-state index contributed by atoms with van der Waals surface area (Å²) < 4.78 is 8.88. The molecular formula is H3CoLiNiO4P. The summed E-state index contributed by atoms with van der Waals surface area (Å²) in [5, 5.41) is 0. The fourth-order valence-electron chi connectivity index (χ4n) is 0. The van der Waals surface area contributed by atoms with Gasteiger partial charge in [0.25, 0.3) is 0 Å². The quantitative estimate of drug-likeness (QED) is 0.351. The molecule has 0 aliphatic carbocycles. The zero-order chi connectivity index (χ0) is 4.50. The molecule has 0 aliphatic heterocycles. The summed E-state index contributed by atoms with van der Waals surface area (Å²) in [6, 6.07) is 0. The molecule has 0 heterocycles. The Labute approximate surface area is 79.0 Å². The van der Waals surface area contributed by atoms with Crippen LogP contribution < -0.4 is 0 Å². The van der Waals surface area contributed by atoms with Gasteiger partial charge in [0.15, 0.2) is 0 Å². The zero-order valence-corrected chi connectivity index (χ0v) is 6.77. The fourth-order valence-corrected chi connectivity index (χ4v) is 0. The standard InChI is InChI=1S/Co.Li.Ni.H3O4P/c;;;1-5(2,3)4/h;;;(H3,1,2,3,4). The van der Waals surface area contributed by atoms with E-state index in [0.29, 0.717) is 0 Å². The predicted octanol–water partition coefficient (Wildman–Crippen LogP) is -1.31. The first-order chi connectivity index (χ1) is 2.00. The topological polar surface area (TPSA) is 77.8 Å². The molecule has 4 nitrogen and oxygen atoms in total. The van der Waals surface area contributed by atoms with Crippen molar-refractivity contribution in [3.8, 4) is 0 Å². The van der Waals surface area contributed by atoms with Crippen LogP contribution in [0.25, 0.3) is 0 Å². The summed E-state index contributed by atoms with van der Waals surface area (Å²) in [7, 11) is -4.64. The minimum Gasteiger partial charge on any atom is -0.303 e. The van der Waals surface area contributed by atoms with Crippen LogP contribution in [0.1, 0.15) is 0 Å². The molecule has 8 heteroatoms. The Morgan fingerprint density at radius 3 is 1.12 bits per heavy atom. The summed E-state index contributed by atoms with van der Waals surface area (Å²) >= 11 is 0. The predicted molar refractivity (Wildman–Crippen MR) is 20.0 cm³/mol. The van der Waals surface area contributed by atoms with Crippen molar-refractivity contribution in [2.45, 2.75) is 0 Å². The Balaban J connectivity index is -0.0000000267. The van der Waals surface area contributed by atoms with Crippen LogP contribution in [0.15, 0.2) is 0 Å². The molecule has 2 radical (unpaired) electrons. The van der Waals surface area contributed by atoms with Gasteiger partial charge in [-0.2, -0.15) is 0 Å². The van der Waals surface area contributed by atoms with Crippen LogP contribution in [-0.2, 0) is 37.8 Å². The molecule has 52 valence electrons. The molecule has 0 spiro atoms. The van der Waals surface area contributed by atoms with Crippen molar-refractivity contribution in [1.82, 2.24) is 0 Å². The molecule has 0 aliphatic rings. The van der Waals surface area contributed by atoms with Crippen molar-refractivity contribution in [1.29, 1.82) is 0 Å². The van der Waals surface area contributed by atoms with Gasteiger partial charge in [0, 0.05) is 52.1 Å². The summed E-state index contributed by atoms with van der Waals surface area (Å²) in [5.74, 6) is 0. The SMILES string of the molecule is O=P(O)(O)O.[Co].[Li].[Ni]. The van der Waals surface area contributed by atoms with Crippen LogP contribution in [-0.4, -0.2) is 33.5 Å². The maximum atomic E-state index is 8.88. The first-order valence-electron chi connectivity index (χ1n) is 0.783. The van der Waals surface area contributed by atoms with Crippen LogP contribution in [0.3, 0.4) is 0 Å². The minimum absolute atomic E-state index is 0. The summed E-state index contributed by atoms with van der Waals surface area (Å²) in [6.45, 7) is 0. The first kappa shape index (κ1) is 22.6. The molecule has 0 amide bonds. The van der Waals surface area contributed by atoms with E-state index in [1.54, 1.807) is 0 Å². The largest absolute Gasteiger partial charge is 0.466 e. The van der Waals surface area contributed by atoms with Crippen molar-refractivity contribution in [2.24, 2.45) is 0 Å². The molecule has 0 atom stereocenters. The van der Waals surface area contributed by atoms with E-state index in [1.807, 2.05) is 0 Å². The number of phosphoric acid groups is 1. The van der Waals surface area contributed by atoms with Gasteiger partial charge < -0.3 is 14.7 Å². The normalized spacial score (nSPS) is 7.38. The molecule has 0 saturated heterocycles. The summed E-state index contributed by atoms with van der Waals surface area (Å²) in [5.41, 5.74) is 0. The first-order valence-corrected chi connectivity index (χ1v) is 2.35. The minimum atomic E-state index is -4.64. The van der Waals surface area contributed by atoms with Crippen molar-refractivity contribution in [3.63, 3.8) is 0 Å². The molecule has 3 N–H and O–H groups in total. The Hall–Kier alpha value is 1.71. The molecule has 0 aromatic rings. The van der Waals surface area contributed by atoms with Gasteiger partial charge in [0.05, 0.1) is 0 Å². The second kappa shape index (κ2) is 8.71. The van der Waals surface area contributed by atoms with Gasteiger partial charge in [-0.1, -0.05) is 0 Å². The van der Waals surface area contributed by atoms with Crippen LogP contribution >= 0.6 is 7.82 Å². The third-order valence-corrected chi connectivity index (χ3v) is 0. The molecule has 0 unspecified atom stereocenters. The Morgan fingerprint density at radius 2 is 1.12 bits per heavy atom. The smallest absolute Gasteiger partial charge is 0.303 e.